The van der Waals surface area contributed by atoms with Crippen LogP contribution in [0.15, 0.2) is 17.1 Å². The summed E-state index contributed by atoms with van der Waals surface area (Å²) in [5.74, 6) is 0.790. The topological polar surface area (TPSA) is 34.9 Å². The second kappa shape index (κ2) is 4.73. The molecule has 0 amide bonds. The zero-order chi connectivity index (χ0) is 9.14. The lowest BCUT2D eigenvalue weighted by Crippen LogP contribution is -2.16. The number of hydrogen-bond acceptors (Lipinski definition) is 2. The Kier molecular flexibility index (Phi) is 4.21. The Bertz CT molecular complexity index is 325. The van der Waals surface area contributed by atoms with Crippen LogP contribution in [-0.2, 0) is 0 Å². The van der Waals surface area contributed by atoms with Gasteiger partial charge in [0.25, 0.3) is 5.56 Å². The minimum absolute atomic E-state index is 0.0403. The van der Waals surface area contributed by atoms with Crippen molar-refractivity contribution in [1.29, 1.82) is 0 Å². The molecule has 0 aromatic carbocycles. The molecular weight excluding hydrogens is 228 g/mol. The van der Waals surface area contributed by atoms with Gasteiger partial charge in [0, 0.05) is 19.7 Å². The first kappa shape index (κ1) is 10.7. The van der Waals surface area contributed by atoms with Gasteiger partial charge in [-0.1, -0.05) is 16.9 Å². The van der Waals surface area contributed by atoms with Crippen molar-refractivity contribution >= 4 is 33.3 Å². The average molecular weight is 238 g/mol. The van der Waals surface area contributed by atoms with Crippen molar-refractivity contribution in [3.8, 4) is 0 Å². The number of hydrogen-bond donors (Lipinski definition) is 0. The van der Waals surface area contributed by atoms with Crippen molar-refractivity contribution in [2.75, 3.05) is 0 Å². The van der Waals surface area contributed by atoms with Crippen molar-refractivity contribution in [2.45, 2.75) is 6.92 Å². The van der Waals surface area contributed by atoms with Gasteiger partial charge in [-0.25, -0.2) is 4.98 Å². The first-order chi connectivity index (χ1) is 5.66. The van der Waals surface area contributed by atoms with Crippen LogP contribution in [0.2, 0.25) is 0 Å². The van der Waals surface area contributed by atoms with Gasteiger partial charge in [0.1, 0.15) is 5.82 Å². The lowest BCUT2D eigenvalue weighted by Gasteiger charge is -2.13. The number of rotatable bonds is 2. The standard InChI is InChI=1S/C5H10N2OP4/c1-4-6-3-2-5(8)7(4)12(10)11-9/h2-3,11H,9-10H2,1H3. The maximum absolute atomic E-state index is 11.4. The minimum Gasteiger partial charge on any atom is -0.269 e. The molecule has 4 atom stereocenters. The second-order valence-corrected chi connectivity index (χ2v) is 11.0. The molecule has 0 radical (unpaired) electrons. The van der Waals surface area contributed by atoms with Crippen molar-refractivity contribution in [1.82, 2.24) is 9.32 Å². The van der Waals surface area contributed by atoms with Gasteiger partial charge < -0.3 is 0 Å². The summed E-state index contributed by atoms with van der Waals surface area (Å²) in [6.07, 6.45) is 1.55. The summed E-state index contributed by atoms with van der Waals surface area (Å²) in [5, 5.41) is 0. The monoisotopic (exact) mass is 238 g/mol. The zero-order valence-electron chi connectivity index (χ0n) is 6.56. The molecule has 0 N–H and O–H groups in total. The summed E-state index contributed by atoms with van der Waals surface area (Å²) in [4.78, 5) is 15.4. The highest BCUT2D eigenvalue weighted by molar-refractivity contribution is 8.60. The van der Waals surface area contributed by atoms with Gasteiger partial charge >= 0.3 is 0 Å². The van der Waals surface area contributed by atoms with Crippen LogP contribution in [0.25, 0.3) is 0 Å². The van der Waals surface area contributed by atoms with E-state index in [-0.39, 0.29) is 5.56 Å². The molecule has 0 spiro atoms. The van der Waals surface area contributed by atoms with Gasteiger partial charge in [-0.15, -0.1) is 8.93 Å². The third-order valence-electron chi connectivity index (χ3n) is 1.34. The van der Waals surface area contributed by atoms with Crippen molar-refractivity contribution in [3.63, 3.8) is 0 Å². The van der Waals surface area contributed by atoms with Gasteiger partial charge in [-0.05, 0) is 6.92 Å². The summed E-state index contributed by atoms with van der Waals surface area (Å²) in [6, 6.07) is 1.50. The van der Waals surface area contributed by atoms with Crippen molar-refractivity contribution in [3.05, 3.63) is 28.4 Å². The van der Waals surface area contributed by atoms with Crippen molar-refractivity contribution < 1.29 is 0 Å². The van der Waals surface area contributed by atoms with E-state index in [9.17, 15) is 4.79 Å². The second-order valence-electron chi connectivity index (χ2n) is 2.12. The van der Waals surface area contributed by atoms with E-state index in [0.717, 1.165) is 5.82 Å². The Hall–Kier alpha value is 0.600. The SMILES string of the molecule is Cc1nccc(=O)n1P(P)PP. The molecule has 0 fully saturated rings. The molecule has 0 saturated heterocycles. The van der Waals surface area contributed by atoms with E-state index in [0.29, 0.717) is 7.96 Å². The predicted molar refractivity (Wildman–Crippen MR) is 63.3 cm³/mol. The molecule has 0 bridgehead atoms. The van der Waals surface area contributed by atoms with Gasteiger partial charge in [0.15, 0.2) is 0 Å². The molecule has 0 saturated carbocycles. The Labute approximate surface area is 78.4 Å². The van der Waals surface area contributed by atoms with Crippen LogP contribution in [-0.4, -0.2) is 9.32 Å². The predicted octanol–water partition coefficient (Wildman–Crippen LogP) is 1.97. The largest absolute Gasteiger partial charge is 0.269 e. The molecule has 7 heteroatoms. The van der Waals surface area contributed by atoms with Crippen LogP contribution in [0.5, 0.6) is 0 Å². The summed E-state index contributed by atoms with van der Waals surface area (Å²) < 4.78 is 1.74. The smallest absolute Gasteiger partial charge is 0.257 e. The van der Waals surface area contributed by atoms with E-state index in [4.69, 9.17) is 0 Å². The molecule has 1 aromatic heterocycles. The first-order valence-electron chi connectivity index (χ1n) is 3.23. The highest BCUT2D eigenvalue weighted by Crippen LogP contribution is 2.65. The van der Waals surface area contributed by atoms with E-state index in [2.05, 4.69) is 22.8 Å². The molecule has 1 aromatic rings. The number of nitrogens with zero attached hydrogens (tertiary/aromatic N) is 2. The van der Waals surface area contributed by atoms with E-state index < -0.39 is 7.45 Å². The Balaban J connectivity index is 3.21. The van der Waals surface area contributed by atoms with E-state index in [1.165, 1.54) is 6.07 Å². The third-order valence-corrected chi connectivity index (χ3v) is 11.0. The van der Waals surface area contributed by atoms with E-state index >= 15 is 0 Å². The lowest BCUT2D eigenvalue weighted by atomic mass is 10.6. The molecule has 0 aliphatic carbocycles. The molecule has 3 nitrogen and oxygen atoms in total. The van der Waals surface area contributed by atoms with Crippen LogP contribution in [0.4, 0.5) is 0 Å². The highest BCUT2D eigenvalue weighted by Gasteiger charge is 2.06. The zero-order valence-corrected chi connectivity index (χ0v) is 10.8. The minimum atomic E-state index is -0.466. The molecule has 4 unspecified atom stereocenters. The van der Waals surface area contributed by atoms with Crippen LogP contribution in [0.1, 0.15) is 5.82 Å². The molecule has 1 rings (SSSR count). The fourth-order valence-corrected chi connectivity index (χ4v) is 4.53. The van der Waals surface area contributed by atoms with E-state index in [1.54, 1.807) is 10.5 Å². The fraction of sp³-hybridized carbons (Fsp3) is 0.200. The van der Waals surface area contributed by atoms with Crippen LogP contribution < -0.4 is 5.56 Å². The first-order valence-corrected chi connectivity index (χ1v) is 9.79. The van der Waals surface area contributed by atoms with Crippen LogP contribution in [0, 0.1) is 6.92 Å². The Morgan fingerprint density at radius 3 is 2.92 bits per heavy atom. The summed E-state index contributed by atoms with van der Waals surface area (Å²) in [7, 11) is 5.56. The van der Waals surface area contributed by atoms with E-state index in [1.807, 2.05) is 6.92 Å². The molecule has 66 valence electrons. The van der Waals surface area contributed by atoms with Gasteiger partial charge in [0.05, 0.1) is 0 Å². The highest BCUT2D eigenvalue weighted by atomic mass is 32.6. The Morgan fingerprint density at radius 1 is 1.75 bits per heavy atom. The van der Waals surface area contributed by atoms with Crippen molar-refractivity contribution in [2.24, 2.45) is 0 Å². The van der Waals surface area contributed by atoms with Crippen LogP contribution >= 0.6 is 33.3 Å². The quantitative estimate of drug-likeness (QED) is 0.738. The molecule has 0 aliphatic heterocycles. The third kappa shape index (κ3) is 2.30. The van der Waals surface area contributed by atoms with Gasteiger partial charge in [0.2, 0.25) is 0 Å². The normalized spacial score (nSPS) is 13.9. The maximum atomic E-state index is 11.4. The summed E-state index contributed by atoms with van der Waals surface area (Å²) in [6.45, 7) is 1.85. The number of aryl methyl sites for hydroxylation is 1. The average Bonchev–Trinajstić information content (AvgIpc) is 2.03. The van der Waals surface area contributed by atoms with Crippen LogP contribution in [0.3, 0.4) is 0 Å². The van der Waals surface area contributed by atoms with Gasteiger partial charge in [-0.2, -0.15) is 0 Å². The fourth-order valence-electron chi connectivity index (χ4n) is 0.813. The van der Waals surface area contributed by atoms with Gasteiger partial charge in [-0.3, -0.25) is 9.13 Å². The number of aromatic nitrogens is 2. The molecule has 0 aliphatic rings. The maximum Gasteiger partial charge on any atom is 0.257 e. The molecule has 1 heterocycles. The molecular formula is C5H10N2OP4. The Morgan fingerprint density at radius 2 is 2.42 bits per heavy atom. The summed E-state index contributed by atoms with van der Waals surface area (Å²) in [5.41, 5.74) is 0.0403. The summed E-state index contributed by atoms with van der Waals surface area (Å²) >= 11 is 0. The molecule has 12 heavy (non-hydrogen) atoms. The lowest BCUT2D eigenvalue weighted by molar-refractivity contribution is 0.964.